The lowest BCUT2D eigenvalue weighted by atomic mass is 9.84. The first-order valence-electron chi connectivity index (χ1n) is 5.10. The maximum atomic E-state index is 11.9. The van der Waals surface area contributed by atoms with Crippen LogP contribution in [0.1, 0.15) is 6.42 Å². The summed E-state index contributed by atoms with van der Waals surface area (Å²) in [4.78, 5) is 3.64. The smallest absolute Gasteiger partial charge is 0.390 e. The third-order valence-electron chi connectivity index (χ3n) is 2.65. The van der Waals surface area contributed by atoms with Crippen LogP contribution in [-0.4, -0.2) is 60.7 Å². The molecule has 1 saturated heterocycles. The lowest BCUT2D eigenvalue weighted by molar-refractivity contribution is -0.138. The van der Waals surface area contributed by atoms with Crippen molar-refractivity contribution in [1.29, 1.82) is 0 Å². The van der Waals surface area contributed by atoms with Crippen molar-refractivity contribution in [3.8, 4) is 0 Å². The zero-order chi connectivity index (χ0) is 11.5. The zero-order valence-electron chi connectivity index (χ0n) is 8.80. The van der Waals surface area contributed by atoms with Crippen molar-refractivity contribution in [2.75, 3.05) is 32.7 Å². The summed E-state index contributed by atoms with van der Waals surface area (Å²) in [7, 11) is -0.505. The molecule has 7 heteroatoms. The normalized spacial score (nSPS) is 20.6. The summed E-state index contributed by atoms with van der Waals surface area (Å²) in [5, 5.41) is 9.25. The highest BCUT2D eigenvalue weighted by atomic mass is 19.4. The van der Waals surface area contributed by atoms with Gasteiger partial charge in [0.05, 0.1) is 6.42 Å². The fourth-order valence-electron chi connectivity index (χ4n) is 1.65. The SMILES string of the molecule is CB(O)N1CCN(CCC(F)(F)F)CC1. The monoisotopic (exact) mass is 224 g/mol. The van der Waals surface area contributed by atoms with Gasteiger partial charge >= 0.3 is 13.2 Å². The van der Waals surface area contributed by atoms with Crippen LogP contribution in [0.2, 0.25) is 6.82 Å². The van der Waals surface area contributed by atoms with Gasteiger partial charge < -0.3 is 14.7 Å². The van der Waals surface area contributed by atoms with Gasteiger partial charge in [-0.15, -0.1) is 0 Å². The van der Waals surface area contributed by atoms with Gasteiger partial charge in [-0.05, 0) is 6.82 Å². The maximum Gasteiger partial charge on any atom is 0.390 e. The summed E-state index contributed by atoms with van der Waals surface area (Å²) >= 11 is 0. The van der Waals surface area contributed by atoms with E-state index in [1.165, 1.54) is 0 Å². The molecule has 0 unspecified atom stereocenters. The second-order valence-electron chi connectivity index (χ2n) is 3.87. The Bertz CT molecular complexity index is 193. The van der Waals surface area contributed by atoms with E-state index in [-0.39, 0.29) is 6.54 Å². The summed E-state index contributed by atoms with van der Waals surface area (Å²) in [6.07, 6.45) is -4.82. The first-order valence-corrected chi connectivity index (χ1v) is 5.10. The van der Waals surface area contributed by atoms with Gasteiger partial charge in [-0.1, -0.05) is 0 Å². The van der Waals surface area contributed by atoms with Crippen LogP contribution in [-0.2, 0) is 0 Å². The highest BCUT2D eigenvalue weighted by molar-refractivity contribution is 6.45. The fraction of sp³-hybridized carbons (Fsp3) is 1.00. The molecule has 1 rings (SSSR count). The molecule has 0 atom stereocenters. The van der Waals surface area contributed by atoms with E-state index in [0.29, 0.717) is 26.2 Å². The Hall–Kier alpha value is -0.265. The molecular formula is C8H16BF3N2O. The average molecular weight is 224 g/mol. The molecular weight excluding hydrogens is 208 g/mol. The van der Waals surface area contributed by atoms with Crippen molar-refractivity contribution in [2.45, 2.75) is 19.4 Å². The summed E-state index contributed by atoms with van der Waals surface area (Å²) in [6.45, 7) is 4.20. The highest BCUT2D eigenvalue weighted by Gasteiger charge is 2.29. The van der Waals surface area contributed by atoms with Gasteiger partial charge in [0.2, 0.25) is 0 Å². The molecule has 0 bridgehead atoms. The quantitative estimate of drug-likeness (QED) is 0.713. The highest BCUT2D eigenvalue weighted by Crippen LogP contribution is 2.20. The van der Waals surface area contributed by atoms with Gasteiger partial charge in [0.1, 0.15) is 0 Å². The first-order chi connectivity index (χ1) is 6.88. The van der Waals surface area contributed by atoms with Crippen LogP contribution in [0.4, 0.5) is 13.2 Å². The standard InChI is InChI=1S/C8H16BF3N2O/c1-9(15)14-6-4-13(5-7-14)3-2-8(10,11)12/h15H,2-7H2,1H3. The van der Waals surface area contributed by atoms with Crippen LogP contribution >= 0.6 is 0 Å². The summed E-state index contributed by atoms with van der Waals surface area (Å²) < 4.78 is 35.8. The van der Waals surface area contributed by atoms with E-state index >= 15 is 0 Å². The van der Waals surface area contributed by atoms with Crippen LogP contribution in [0.3, 0.4) is 0 Å². The molecule has 0 amide bonds. The molecule has 1 fully saturated rings. The van der Waals surface area contributed by atoms with Crippen LogP contribution in [0.15, 0.2) is 0 Å². The first kappa shape index (κ1) is 12.8. The Labute approximate surface area is 88.0 Å². The van der Waals surface area contributed by atoms with E-state index in [4.69, 9.17) is 0 Å². The molecule has 15 heavy (non-hydrogen) atoms. The van der Waals surface area contributed by atoms with Gasteiger partial charge in [0.15, 0.2) is 0 Å². The molecule has 0 aromatic heterocycles. The number of piperazine rings is 1. The summed E-state index contributed by atoms with van der Waals surface area (Å²) in [5.74, 6) is 0. The van der Waals surface area contributed by atoms with E-state index < -0.39 is 19.6 Å². The van der Waals surface area contributed by atoms with Gasteiger partial charge in [-0.2, -0.15) is 13.2 Å². The Morgan fingerprint density at radius 1 is 1.20 bits per heavy atom. The minimum absolute atomic E-state index is 0.0666. The van der Waals surface area contributed by atoms with Crippen molar-refractivity contribution >= 4 is 7.05 Å². The average Bonchev–Trinajstić information content (AvgIpc) is 2.14. The molecule has 0 aromatic rings. The number of halogens is 3. The molecule has 3 nitrogen and oxygen atoms in total. The summed E-state index contributed by atoms with van der Waals surface area (Å²) in [5.41, 5.74) is 0. The predicted molar refractivity (Wildman–Crippen MR) is 52.5 cm³/mol. The van der Waals surface area contributed by atoms with Crippen LogP contribution in [0, 0.1) is 0 Å². The van der Waals surface area contributed by atoms with Crippen molar-refractivity contribution in [3.63, 3.8) is 0 Å². The van der Waals surface area contributed by atoms with E-state index in [1.54, 1.807) is 11.7 Å². The Kier molecular flexibility index (Phi) is 4.42. The lowest BCUT2D eigenvalue weighted by Crippen LogP contribution is -2.51. The van der Waals surface area contributed by atoms with Crippen molar-refractivity contribution in [2.24, 2.45) is 0 Å². The second kappa shape index (κ2) is 5.18. The van der Waals surface area contributed by atoms with Crippen LogP contribution < -0.4 is 0 Å². The number of alkyl halides is 3. The van der Waals surface area contributed by atoms with Crippen molar-refractivity contribution in [1.82, 2.24) is 9.71 Å². The molecule has 1 heterocycles. The topological polar surface area (TPSA) is 26.7 Å². The Morgan fingerprint density at radius 3 is 2.13 bits per heavy atom. The Balaban J connectivity index is 2.20. The molecule has 0 aromatic carbocycles. The Morgan fingerprint density at radius 2 is 1.73 bits per heavy atom. The number of rotatable bonds is 3. The number of nitrogens with zero attached hydrogens (tertiary/aromatic N) is 2. The number of hydrogen-bond acceptors (Lipinski definition) is 3. The van der Waals surface area contributed by atoms with Crippen molar-refractivity contribution < 1.29 is 18.2 Å². The van der Waals surface area contributed by atoms with E-state index in [9.17, 15) is 18.2 Å². The van der Waals surface area contributed by atoms with Gasteiger partial charge in [-0.3, -0.25) is 0 Å². The minimum Gasteiger partial charge on any atom is -0.437 e. The summed E-state index contributed by atoms with van der Waals surface area (Å²) in [6, 6.07) is 0. The molecule has 1 aliphatic heterocycles. The molecule has 0 spiro atoms. The maximum absolute atomic E-state index is 11.9. The van der Waals surface area contributed by atoms with Crippen LogP contribution in [0.5, 0.6) is 0 Å². The molecule has 1 N–H and O–H groups in total. The predicted octanol–water partition coefficient (Wildman–Crippen LogP) is 0.667. The van der Waals surface area contributed by atoms with E-state index in [1.807, 2.05) is 4.81 Å². The van der Waals surface area contributed by atoms with Crippen LogP contribution in [0.25, 0.3) is 0 Å². The third-order valence-corrected chi connectivity index (χ3v) is 2.65. The van der Waals surface area contributed by atoms with Gasteiger partial charge in [-0.25, -0.2) is 0 Å². The molecule has 0 saturated carbocycles. The third kappa shape index (κ3) is 4.86. The van der Waals surface area contributed by atoms with Gasteiger partial charge in [0.25, 0.3) is 0 Å². The second-order valence-corrected chi connectivity index (χ2v) is 3.87. The largest absolute Gasteiger partial charge is 0.437 e. The molecule has 1 aliphatic rings. The van der Waals surface area contributed by atoms with E-state index in [2.05, 4.69) is 0 Å². The van der Waals surface area contributed by atoms with Gasteiger partial charge in [0, 0.05) is 32.7 Å². The lowest BCUT2D eigenvalue weighted by Gasteiger charge is -2.35. The fourth-order valence-corrected chi connectivity index (χ4v) is 1.65. The molecule has 0 radical (unpaired) electrons. The van der Waals surface area contributed by atoms with Crippen molar-refractivity contribution in [3.05, 3.63) is 0 Å². The molecule has 88 valence electrons. The minimum atomic E-state index is -4.07. The zero-order valence-corrected chi connectivity index (χ0v) is 8.80. The van der Waals surface area contributed by atoms with E-state index in [0.717, 1.165) is 0 Å². The number of hydrogen-bond donors (Lipinski definition) is 1. The molecule has 0 aliphatic carbocycles.